The van der Waals surface area contributed by atoms with Gasteiger partial charge >= 0.3 is 0 Å². The predicted octanol–water partition coefficient (Wildman–Crippen LogP) is 3.96. The molecule has 2 aromatic carbocycles. The fourth-order valence-corrected chi connectivity index (χ4v) is 2.50. The van der Waals surface area contributed by atoms with Crippen molar-refractivity contribution in [1.29, 1.82) is 0 Å². The number of rotatable bonds is 8. The third-order valence-corrected chi connectivity index (χ3v) is 3.95. The first kappa shape index (κ1) is 18.8. The number of hydrogen-bond donors (Lipinski definition) is 1. The van der Waals surface area contributed by atoms with E-state index in [2.05, 4.69) is 11.4 Å². The summed E-state index contributed by atoms with van der Waals surface area (Å²) >= 11 is 0. The second-order valence-corrected chi connectivity index (χ2v) is 6.24. The summed E-state index contributed by atoms with van der Waals surface area (Å²) in [7, 11) is 0. The Labute approximate surface area is 150 Å². The molecule has 1 atom stereocenters. The van der Waals surface area contributed by atoms with Crippen molar-refractivity contribution < 1.29 is 14.3 Å². The number of ether oxygens (including phenoxy) is 2. The van der Waals surface area contributed by atoms with Crippen LogP contribution in [0.25, 0.3) is 0 Å². The number of hydrogen-bond acceptors (Lipinski definition) is 3. The van der Waals surface area contributed by atoms with Crippen LogP contribution in [0.3, 0.4) is 0 Å². The summed E-state index contributed by atoms with van der Waals surface area (Å²) < 4.78 is 11.5. The molecule has 0 aromatic heterocycles. The molecule has 4 heteroatoms. The van der Waals surface area contributed by atoms with Crippen LogP contribution in [0.5, 0.6) is 11.5 Å². The fraction of sp³-hybridized carbons (Fsp3) is 0.381. The van der Waals surface area contributed by atoms with Gasteiger partial charge in [-0.05, 0) is 51.0 Å². The predicted molar refractivity (Wildman–Crippen MR) is 100 cm³/mol. The molecular weight excluding hydrogens is 314 g/mol. The van der Waals surface area contributed by atoms with Crippen LogP contribution in [0.1, 0.15) is 30.0 Å². The molecule has 4 nitrogen and oxygen atoms in total. The van der Waals surface area contributed by atoms with Crippen molar-refractivity contribution in [1.82, 2.24) is 5.32 Å². The molecule has 134 valence electrons. The number of benzene rings is 2. The van der Waals surface area contributed by atoms with E-state index in [0.717, 1.165) is 17.1 Å². The highest BCUT2D eigenvalue weighted by Gasteiger charge is 2.18. The fourth-order valence-electron chi connectivity index (χ4n) is 2.50. The maximum atomic E-state index is 12.3. The minimum atomic E-state index is -0.499. The van der Waals surface area contributed by atoms with Crippen molar-refractivity contribution in [3.05, 3.63) is 59.2 Å². The maximum absolute atomic E-state index is 12.3. The molecule has 0 bridgehead atoms. The second kappa shape index (κ2) is 9.11. The number of aryl methyl sites for hydroxylation is 3. The van der Waals surface area contributed by atoms with Gasteiger partial charge in [0.05, 0.1) is 6.54 Å². The zero-order chi connectivity index (χ0) is 18.2. The van der Waals surface area contributed by atoms with E-state index in [1.807, 2.05) is 64.1 Å². The van der Waals surface area contributed by atoms with Gasteiger partial charge in [-0.25, -0.2) is 0 Å². The lowest BCUT2D eigenvalue weighted by molar-refractivity contribution is -0.128. The lowest BCUT2D eigenvalue weighted by Gasteiger charge is -2.19. The van der Waals surface area contributed by atoms with Crippen LogP contribution in [0.4, 0.5) is 0 Å². The summed E-state index contributed by atoms with van der Waals surface area (Å²) in [4.78, 5) is 12.3. The second-order valence-electron chi connectivity index (χ2n) is 6.24. The Morgan fingerprint density at radius 3 is 2.36 bits per heavy atom. The molecule has 25 heavy (non-hydrogen) atoms. The summed E-state index contributed by atoms with van der Waals surface area (Å²) in [5.74, 6) is 1.44. The number of carbonyl (C=O) groups is 1. The van der Waals surface area contributed by atoms with E-state index in [1.54, 1.807) is 0 Å². The van der Waals surface area contributed by atoms with E-state index in [4.69, 9.17) is 9.47 Å². The van der Waals surface area contributed by atoms with Crippen LogP contribution in [-0.2, 0) is 4.79 Å². The molecule has 1 N–H and O–H groups in total. The van der Waals surface area contributed by atoms with Crippen LogP contribution in [0.15, 0.2) is 42.5 Å². The summed E-state index contributed by atoms with van der Waals surface area (Å²) in [5, 5.41) is 2.88. The number of nitrogens with one attached hydrogen (secondary N) is 1. The molecule has 0 aliphatic carbocycles. The van der Waals surface area contributed by atoms with Gasteiger partial charge in [-0.2, -0.15) is 0 Å². The molecule has 0 fully saturated rings. The van der Waals surface area contributed by atoms with E-state index < -0.39 is 6.10 Å². The molecule has 0 aliphatic rings. The Hall–Kier alpha value is -2.49. The standard InChI is InChI=1S/C21H27NO3/c1-5-19(25-20-11-8-16(3)14-17(20)4)21(23)22-12-13-24-18-9-6-15(2)7-10-18/h6-11,14,19H,5,12-13H2,1-4H3,(H,22,23). The zero-order valence-electron chi connectivity index (χ0n) is 15.5. The summed E-state index contributed by atoms with van der Waals surface area (Å²) in [6, 6.07) is 13.8. The van der Waals surface area contributed by atoms with Crippen LogP contribution in [0.2, 0.25) is 0 Å². The molecular formula is C21H27NO3. The molecule has 2 aromatic rings. The van der Waals surface area contributed by atoms with Gasteiger partial charge in [-0.15, -0.1) is 0 Å². The Balaban J connectivity index is 1.80. The highest BCUT2D eigenvalue weighted by atomic mass is 16.5. The first-order valence-corrected chi connectivity index (χ1v) is 8.70. The van der Waals surface area contributed by atoms with Gasteiger partial charge in [0.2, 0.25) is 0 Å². The van der Waals surface area contributed by atoms with Gasteiger partial charge in [-0.3, -0.25) is 4.79 Å². The molecule has 0 radical (unpaired) electrons. The van der Waals surface area contributed by atoms with Gasteiger partial charge in [0.15, 0.2) is 6.10 Å². The lowest BCUT2D eigenvalue weighted by atomic mass is 10.1. The highest BCUT2D eigenvalue weighted by Crippen LogP contribution is 2.20. The monoisotopic (exact) mass is 341 g/mol. The van der Waals surface area contributed by atoms with Crippen LogP contribution in [-0.4, -0.2) is 25.2 Å². The van der Waals surface area contributed by atoms with Gasteiger partial charge in [0, 0.05) is 0 Å². The van der Waals surface area contributed by atoms with Crippen LogP contribution < -0.4 is 14.8 Å². The van der Waals surface area contributed by atoms with Crippen molar-refractivity contribution in [2.24, 2.45) is 0 Å². The Morgan fingerprint density at radius 1 is 1.04 bits per heavy atom. The van der Waals surface area contributed by atoms with Gasteiger partial charge < -0.3 is 14.8 Å². The van der Waals surface area contributed by atoms with Crippen LogP contribution >= 0.6 is 0 Å². The number of amides is 1. The summed E-state index contributed by atoms with van der Waals surface area (Å²) in [6.07, 6.45) is 0.110. The molecule has 0 saturated heterocycles. The molecule has 2 rings (SSSR count). The highest BCUT2D eigenvalue weighted by molar-refractivity contribution is 5.81. The molecule has 1 amide bonds. The van der Waals surface area contributed by atoms with Gasteiger partial charge in [0.25, 0.3) is 5.91 Å². The smallest absolute Gasteiger partial charge is 0.261 e. The molecule has 0 saturated carbocycles. The largest absolute Gasteiger partial charge is 0.492 e. The lowest BCUT2D eigenvalue weighted by Crippen LogP contribution is -2.39. The van der Waals surface area contributed by atoms with Gasteiger partial charge in [-0.1, -0.05) is 42.3 Å². The number of carbonyl (C=O) groups excluding carboxylic acids is 1. The van der Waals surface area contributed by atoms with Gasteiger partial charge in [0.1, 0.15) is 18.1 Å². The molecule has 0 aliphatic heterocycles. The third-order valence-electron chi connectivity index (χ3n) is 3.95. The Bertz CT molecular complexity index is 695. The van der Waals surface area contributed by atoms with E-state index in [1.165, 1.54) is 11.1 Å². The topological polar surface area (TPSA) is 47.6 Å². The normalized spacial score (nSPS) is 11.7. The average molecular weight is 341 g/mol. The SMILES string of the molecule is CCC(Oc1ccc(C)cc1C)C(=O)NCCOc1ccc(C)cc1. The average Bonchev–Trinajstić information content (AvgIpc) is 2.59. The first-order chi connectivity index (χ1) is 12.0. The van der Waals surface area contributed by atoms with E-state index in [9.17, 15) is 4.79 Å². The minimum absolute atomic E-state index is 0.116. The molecule has 0 spiro atoms. The van der Waals surface area contributed by atoms with Crippen molar-refractivity contribution in [2.75, 3.05) is 13.2 Å². The van der Waals surface area contributed by atoms with E-state index in [-0.39, 0.29) is 5.91 Å². The van der Waals surface area contributed by atoms with Crippen molar-refractivity contribution in [3.63, 3.8) is 0 Å². The van der Waals surface area contributed by atoms with Crippen molar-refractivity contribution in [3.8, 4) is 11.5 Å². The molecule has 1 unspecified atom stereocenters. The Kier molecular flexibility index (Phi) is 6.87. The van der Waals surface area contributed by atoms with E-state index >= 15 is 0 Å². The Morgan fingerprint density at radius 2 is 1.72 bits per heavy atom. The van der Waals surface area contributed by atoms with E-state index in [0.29, 0.717) is 19.6 Å². The maximum Gasteiger partial charge on any atom is 0.261 e. The van der Waals surface area contributed by atoms with Crippen LogP contribution in [0, 0.1) is 20.8 Å². The third kappa shape index (κ3) is 5.82. The van der Waals surface area contributed by atoms with Crippen molar-refractivity contribution in [2.45, 2.75) is 40.2 Å². The first-order valence-electron chi connectivity index (χ1n) is 8.70. The quantitative estimate of drug-likeness (QED) is 0.739. The van der Waals surface area contributed by atoms with Crippen molar-refractivity contribution >= 4 is 5.91 Å². The minimum Gasteiger partial charge on any atom is -0.492 e. The molecule has 0 heterocycles. The summed E-state index contributed by atoms with van der Waals surface area (Å²) in [6.45, 7) is 8.87. The zero-order valence-corrected chi connectivity index (χ0v) is 15.5. The summed E-state index contributed by atoms with van der Waals surface area (Å²) in [5.41, 5.74) is 3.40.